The summed E-state index contributed by atoms with van der Waals surface area (Å²) >= 11 is 0. The molecule has 1 spiro atoms. The number of pyridine rings is 1. The van der Waals surface area contributed by atoms with E-state index in [1.807, 2.05) is 37.9 Å². The predicted octanol–water partition coefficient (Wildman–Crippen LogP) is 3.34. The number of ether oxygens (including phenoxy) is 1. The van der Waals surface area contributed by atoms with Gasteiger partial charge in [-0.05, 0) is 51.7 Å². The van der Waals surface area contributed by atoms with E-state index in [0.29, 0.717) is 5.92 Å². The molecule has 3 rings (SSSR count). The van der Waals surface area contributed by atoms with Crippen molar-refractivity contribution in [2.75, 3.05) is 6.54 Å². The maximum atomic E-state index is 12.4. The highest BCUT2D eigenvalue weighted by Crippen LogP contribution is 2.54. The molecule has 4 nitrogen and oxygen atoms in total. The zero-order valence-electron chi connectivity index (χ0n) is 12.4. The Labute approximate surface area is 120 Å². The molecule has 108 valence electrons. The van der Waals surface area contributed by atoms with E-state index in [2.05, 4.69) is 11.1 Å². The number of hydrogen-bond acceptors (Lipinski definition) is 3. The summed E-state index contributed by atoms with van der Waals surface area (Å²) in [5, 5.41) is 0. The molecule has 0 aromatic carbocycles. The van der Waals surface area contributed by atoms with Crippen molar-refractivity contribution < 1.29 is 9.53 Å². The Morgan fingerprint density at radius 2 is 2.20 bits per heavy atom. The van der Waals surface area contributed by atoms with Gasteiger partial charge < -0.3 is 9.64 Å². The van der Waals surface area contributed by atoms with Crippen LogP contribution in [-0.4, -0.2) is 33.7 Å². The smallest absolute Gasteiger partial charge is 0.410 e. The lowest BCUT2D eigenvalue weighted by atomic mass is 9.97. The first kappa shape index (κ1) is 13.4. The molecule has 0 bridgehead atoms. The van der Waals surface area contributed by atoms with E-state index in [0.717, 1.165) is 25.8 Å². The molecule has 4 heteroatoms. The highest BCUT2D eigenvalue weighted by Gasteiger charge is 2.57. The van der Waals surface area contributed by atoms with E-state index in [9.17, 15) is 4.79 Å². The summed E-state index contributed by atoms with van der Waals surface area (Å²) < 4.78 is 5.55. The first-order chi connectivity index (χ1) is 9.40. The lowest BCUT2D eigenvalue weighted by Gasteiger charge is -2.28. The van der Waals surface area contributed by atoms with Gasteiger partial charge in [0.2, 0.25) is 0 Å². The lowest BCUT2D eigenvalue weighted by molar-refractivity contribution is 0.0202. The number of rotatable bonds is 1. The molecular weight excluding hydrogens is 252 g/mol. The van der Waals surface area contributed by atoms with E-state index in [1.54, 1.807) is 6.20 Å². The zero-order chi connectivity index (χ0) is 14.4. The van der Waals surface area contributed by atoms with Gasteiger partial charge in [0.05, 0.1) is 0 Å². The van der Waals surface area contributed by atoms with Crippen LogP contribution in [0.5, 0.6) is 0 Å². The molecule has 2 aliphatic rings. The summed E-state index contributed by atoms with van der Waals surface area (Å²) in [6.45, 7) is 6.50. The predicted molar refractivity (Wildman–Crippen MR) is 76.5 cm³/mol. The van der Waals surface area contributed by atoms with Crippen LogP contribution in [0.1, 0.15) is 51.5 Å². The van der Waals surface area contributed by atoms with Gasteiger partial charge in [0, 0.05) is 30.4 Å². The van der Waals surface area contributed by atoms with Crippen LogP contribution in [-0.2, 0) is 4.74 Å². The van der Waals surface area contributed by atoms with Crippen LogP contribution < -0.4 is 0 Å². The summed E-state index contributed by atoms with van der Waals surface area (Å²) in [4.78, 5) is 18.5. The molecule has 1 aliphatic carbocycles. The fraction of sp³-hybridized carbons (Fsp3) is 0.625. The Morgan fingerprint density at radius 3 is 2.75 bits per heavy atom. The van der Waals surface area contributed by atoms with Gasteiger partial charge in [-0.3, -0.25) is 4.98 Å². The first-order valence-corrected chi connectivity index (χ1v) is 7.30. The van der Waals surface area contributed by atoms with Crippen molar-refractivity contribution in [3.8, 4) is 0 Å². The van der Waals surface area contributed by atoms with Gasteiger partial charge in [-0.2, -0.15) is 0 Å². The molecule has 1 saturated heterocycles. The normalized spacial score (nSPS) is 23.9. The Balaban J connectivity index is 1.75. The van der Waals surface area contributed by atoms with E-state index in [-0.39, 0.29) is 11.6 Å². The van der Waals surface area contributed by atoms with Crippen molar-refractivity contribution in [3.05, 3.63) is 30.1 Å². The average Bonchev–Trinajstić information content (AvgIpc) is 3.01. The van der Waals surface area contributed by atoms with Crippen molar-refractivity contribution >= 4 is 6.09 Å². The van der Waals surface area contributed by atoms with Gasteiger partial charge in [0.15, 0.2) is 0 Å². The molecule has 1 unspecified atom stereocenters. The van der Waals surface area contributed by atoms with E-state index in [4.69, 9.17) is 4.74 Å². The van der Waals surface area contributed by atoms with Gasteiger partial charge in [-0.1, -0.05) is 6.07 Å². The number of nitrogens with zero attached hydrogens (tertiary/aromatic N) is 2. The average molecular weight is 274 g/mol. The van der Waals surface area contributed by atoms with Crippen LogP contribution in [0.15, 0.2) is 24.5 Å². The Bertz CT molecular complexity index is 503. The van der Waals surface area contributed by atoms with Crippen molar-refractivity contribution in [3.63, 3.8) is 0 Å². The number of carbonyl (C=O) groups is 1. The van der Waals surface area contributed by atoms with Crippen LogP contribution in [0.3, 0.4) is 0 Å². The topological polar surface area (TPSA) is 42.4 Å². The van der Waals surface area contributed by atoms with Crippen molar-refractivity contribution in [2.24, 2.45) is 0 Å². The van der Waals surface area contributed by atoms with E-state index in [1.165, 1.54) is 5.56 Å². The maximum Gasteiger partial charge on any atom is 0.410 e. The molecule has 1 atom stereocenters. The van der Waals surface area contributed by atoms with Crippen LogP contribution >= 0.6 is 0 Å². The minimum atomic E-state index is -0.431. The molecule has 1 aliphatic heterocycles. The standard InChI is InChI=1S/C16H22N2O2/c1-15(2,3)20-14(19)18-11-13(9-16(18)6-7-16)12-5-4-8-17-10-12/h4-5,8,10,13H,6-7,9,11H2,1-3H3. The number of carbonyl (C=O) groups excluding carboxylic acids is 1. The Hall–Kier alpha value is -1.58. The SMILES string of the molecule is CC(C)(C)OC(=O)N1CC(c2cccnc2)CC12CC2. The first-order valence-electron chi connectivity index (χ1n) is 7.30. The highest BCUT2D eigenvalue weighted by atomic mass is 16.6. The zero-order valence-corrected chi connectivity index (χ0v) is 12.4. The number of aromatic nitrogens is 1. The third-order valence-electron chi connectivity index (χ3n) is 4.20. The second-order valence-corrected chi connectivity index (χ2v) is 7.00. The minimum absolute atomic E-state index is 0.0584. The van der Waals surface area contributed by atoms with Crippen molar-refractivity contribution in [1.29, 1.82) is 0 Å². The Morgan fingerprint density at radius 1 is 1.45 bits per heavy atom. The molecule has 0 radical (unpaired) electrons. The fourth-order valence-electron chi connectivity index (χ4n) is 3.09. The molecule has 1 amide bonds. The second-order valence-electron chi connectivity index (χ2n) is 7.00. The third kappa shape index (κ3) is 2.51. The van der Waals surface area contributed by atoms with Gasteiger partial charge in [-0.25, -0.2) is 4.79 Å². The van der Waals surface area contributed by atoms with Gasteiger partial charge in [0.1, 0.15) is 5.60 Å². The van der Waals surface area contributed by atoms with Crippen LogP contribution in [0.4, 0.5) is 4.79 Å². The lowest BCUT2D eigenvalue weighted by Crippen LogP contribution is -2.41. The number of hydrogen-bond donors (Lipinski definition) is 0. The molecule has 1 saturated carbocycles. The monoisotopic (exact) mass is 274 g/mol. The number of amides is 1. The van der Waals surface area contributed by atoms with Crippen LogP contribution in [0, 0.1) is 0 Å². The van der Waals surface area contributed by atoms with Crippen molar-refractivity contribution in [2.45, 2.75) is 57.1 Å². The maximum absolute atomic E-state index is 12.4. The van der Waals surface area contributed by atoms with Gasteiger partial charge in [0.25, 0.3) is 0 Å². The third-order valence-corrected chi connectivity index (χ3v) is 4.20. The summed E-state index contributed by atoms with van der Waals surface area (Å²) in [5.41, 5.74) is 0.854. The largest absolute Gasteiger partial charge is 0.444 e. The number of likely N-dealkylation sites (tertiary alicyclic amines) is 1. The summed E-state index contributed by atoms with van der Waals surface area (Å²) in [6.07, 6.45) is 6.78. The Kier molecular flexibility index (Phi) is 3.00. The molecule has 1 aromatic heterocycles. The summed E-state index contributed by atoms with van der Waals surface area (Å²) in [7, 11) is 0. The molecule has 1 aromatic rings. The molecular formula is C16H22N2O2. The molecule has 0 N–H and O–H groups in total. The second kappa shape index (κ2) is 4.47. The molecule has 20 heavy (non-hydrogen) atoms. The molecule has 2 heterocycles. The van der Waals surface area contributed by atoms with Crippen molar-refractivity contribution in [1.82, 2.24) is 9.88 Å². The van der Waals surface area contributed by atoms with E-state index >= 15 is 0 Å². The van der Waals surface area contributed by atoms with Crippen LogP contribution in [0.2, 0.25) is 0 Å². The minimum Gasteiger partial charge on any atom is -0.444 e. The van der Waals surface area contributed by atoms with Crippen LogP contribution in [0.25, 0.3) is 0 Å². The van der Waals surface area contributed by atoms with E-state index < -0.39 is 5.60 Å². The van der Waals surface area contributed by atoms with Gasteiger partial charge >= 0.3 is 6.09 Å². The highest BCUT2D eigenvalue weighted by molar-refractivity contribution is 5.70. The van der Waals surface area contributed by atoms with Gasteiger partial charge in [-0.15, -0.1) is 0 Å². The fourth-order valence-corrected chi connectivity index (χ4v) is 3.09. The quantitative estimate of drug-likeness (QED) is 0.788. The summed E-state index contributed by atoms with van der Waals surface area (Å²) in [6, 6.07) is 4.07. The summed E-state index contributed by atoms with van der Waals surface area (Å²) in [5.74, 6) is 0.388. The molecule has 2 fully saturated rings.